The van der Waals surface area contributed by atoms with E-state index in [1.165, 1.54) is 44.9 Å². The molecular weight excluding hydrogens is 365 g/mol. The first-order chi connectivity index (χ1) is 12.2. The number of hydrogen-bond acceptors (Lipinski definition) is 2. The van der Waals surface area contributed by atoms with E-state index in [0.717, 1.165) is 31.5 Å². The summed E-state index contributed by atoms with van der Waals surface area (Å²) in [5, 5.41) is 2.94. The number of unbranched alkanes of at least 4 members (excludes halogenated alkanes) is 8. The SMILES string of the molecule is C=CCCCCCCCCC=CCCCNc1ccc(C(=O)Cl)cc1.Cl. The van der Waals surface area contributed by atoms with E-state index in [1.54, 1.807) is 12.1 Å². The predicted octanol–water partition coefficient (Wildman–Crippen LogP) is 7.54. The third-order valence-electron chi connectivity index (χ3n) is 4.18. The lowest BCUT2D eigenvalue weighted by atomic mass is 10.1. The second kappa shape index (κ2) is 17.2. The summed E-state index contributed by atoms with van der Waals surface area (Å²) in [7, 11) is 0. The van der Waals surface area contributed by atoms with Crippen molar-refractivity contribution in [3.63, 3.8) is 0 Å². The van der Waals surface area contributed by atoms with Gasteiger partial charge in [-0.3, -0.25) is 4.79 Å². The molecule has 1 N–H and O–H groups in total. The Morgan fingerprint density at radius 1 is 0.885 bits per heavy atom. The molecule has 0 spiro atoms. The zero-order chi connectivity index (χ0) is 18.2. The Morgan fingerprint density at radius 3 is 2.00 bits per heavy atom. The van der Waals surface area contributed by atoms with Crippen molar-refractivity contribution in [2.24, 2.45) is 0 Å². The van der Waals surface area contributed by atoms with Crippen LogP contribution in [0.5, 0.6) is 0 Å². The molecule has 1 aromatic rings. The van der Waals surface area contributed by atoms with Crippen molar-refractivity contribution in [1.82, 2.24) is 0 Å². The molecule has 0 unspecified atom stereocenters. The first-order valence-electron chi connectivity index (χ1n) is 9.53. The van der Waals surface area contributed by atoms with Crippen LogP contribution in [0, 0.1) is 0 Å². The van der Waals surface area contributed by atoms with E-state index in [0.29, 0.717) is 5.56 Å². The molecule has 1 aromatic carbocycles. The van der Waals surface area contributed by atoms with Gasteiger partial charge in [0.15, 0.2) is 0 Å². The highest BCUT2D eigenvalue weighted by molar-refractivity contribution is 6.67. The monoisotopic (exact) mass is 397 g/mol. The number of carbonyl (C=O) groups is 1. The number of benzene rings is 1. The number of rotatable bonds is 15. The highest BCUT2D eigenvalue weighted by Crippen LogP contribution is 2.12. The topological polar surface area (TPSA) is 29.1 Å². The first-order valence-corrected chi connectivity index (χ1v) is 9.91. The van der Waals surface area contributed by atoms with Crippen LogP contribution >= 0.6 is 24.0 Å². The van der Waals surface area contributed by atoms with Crippen molar-refractivity contribution in [1.29, 1.82) is 0 Å². The van der Waals surface area contributed by atoms with Crippen LogP contribution in [0.15, 0.2) is 49.1 Å². The molecule has 0 bridgehead atoms. The van der Waals surface area contributed by atoms with Crippen LogP contribution in [0.3, 0.4) is 0 Å². The highest BCUT2D eigenvalue weighted by atomic mass is 35.5. The van der Waals surface area contributed by atoms with E-state index in [1.807, 2.05) is 18.2 Å². The standard InChI is InChI=1S/C22H32ClNO.ClH/c1-2-3-4-5-6-7-8-9-10-11-12-13-14-19-24-21-17-15-20(16-18-21)22(23)25;/h2,11-12,15-18,24H,1,3-10,13-14,19H2;1H. The Morgan fingerprint density at radius 2 is 1.42 bits per heavy atom. The highest BCUT2D eigenvalue weighted by Gasteiger charge is 2.00. The number of carbonyl (C=O) groups excluding carboxylic acids is 1. The lowest BCUT2D eigenvalue weighted by Crippen LogP contribution is -2.01. The Bertz CT molecular complexity index is 511. The minimum absolute atomic E-state index is 0. The van der Waals surface area contributed by atoms with Gasteiger partial charge in [0.2, 0.25) is 0 Å². The number of hydrogen-bond donors (Lipinski definition) is 1. The molecule has 0 saturated heterocycles. The fraction of sp³-hybridized carbons (Fsp3) is 0.500. The summed E-state index contributed by atoms with van der Waals surface area (Å²) in [5.74, 6) is 0. The van der Waals surface area contributed by atoms with Gasteiger partial charge < -0.3 is 5.32 Å². The van der Waals surface area contributed by atoms with Gasteiger partial charge >= 0.3 is 0 Å². The summed E-state index contributed by atoms with van der Waals surface area (Å²) in [5.41, 5.74) is 1.56. The zero-order valence-corrected chi connectivity index (χ0v) is 17.3. The lowest BCUT2D eigenvalue weighted by molar-refractivity contribution is 0.108. The fourth-order valence-electron chi connectivity index (χ4n) is 2.67. The van der Waals surface area contributed by atoms with Crippen molar-refractivity contribution in [2.75, 3.05) is 11.9 Å². The molecule has 0 aliphatic rings. The van der Waals surface area contributed by atoms with Gasteiger partial charge in [-0.1, -0.05) is 43.9 Å². The normalized spacial score (nSPS) is 10.5. The second-order valence-electron chi connectivity index (χ2n) is 6.38. The molecule has 0 amide bonds. The Balaban J connectivity index is 0.00000625. The maximum atomic E-state index is 11.0. The van der Waals surface area contributed by atoms with Gasteiger partial charge in [-0.2, -0.15) is 0 Å². The average molecular weight is 398 g/mol. The van der Waals surface area contributed by atoms with Crippen LogP contribution < -0.4 is 5.32 Å². The van der Waals surface area contributed by atoms with Gasteiger partial charge in [-0.05, 0) is 74.4 Å². The summed E-state index contributed by atoms with van der Waals surface area (Å²) in [4.78, 5) is 11.0. The van der Waals surface area contributed by atoms with Crippen molar-refractivity contribution in [2.45, 2.75) is 64.2 Å². The minimum Gasteiger partial charge on any atom is -0.385 e. The van der Waals surface area contributed by atoms with E-state index in [2.05, 4.69) is 24.0 Å². The minimum atomic E-state index is -0.413. The van der Waals surface area contributed by atoms with Gasteiger partial charge in [-0.25, -0.2) is 0 Å². The van der Waals surface area contributed by atoms with Crippen LogP contribution in [0.2, 0.25) is 0 Å². The van der Waals surface area contributed by atoms with E-state index < -0.39 is 5.24 Å². The first kappa shape index (κ1) is 24.8. The molecule has 0 fully saturated rings. The van der Waals surface area contributed by atoms with Crippen LogP contribution in [0.4, 0.5) is 5.69 Å². The molecule has 0 atom stereocenters. The molecule has 0 aromatic heterocycles. The van der Waals surface area contributed by atoms with Gasteiger partial charge in [-0.15, -0.1) is 19.0 Å². The molecule has 0 saturated carbocycles. The Hall–Kier alpha value is -1.25. The number of halogens is 2. The number of anilines is 1. The maximum Gasteiger partial charge on any atom is 0.252 e. The summed E-state index contributed by atoms with van der Waals surface area (Å²) in [6.07, 6.45) is 19.2. The summed E-state index contributed by atoms with van der Waals surface area (Å²) in [6, 6.07) is 7.28. The summed E-state index contributed by atoms with van der Waals surface area (Å²) < 4.78 is 0. The number of allylic oxidation sites excluding steroid dienone is 3. The smallest absolute Gasteiger partial charge is 0.252 e. The van der Waals surface area contributed by atoms with Gasteiger partial charge in [0.1, 0.15) is 0 Å². The molecule has 0 radical (unpaired) electrons. The third-order valence-corrected chi connectivity index (χ3v) is 4.40. The second-order valence-corrected chi connectivity index (χ2v) is 6.72. The van der Waals surface area contributed by atoms with E-state index in [-0.39, 0.29) is 12.4 Å². The zero-order valence-electron chi connectivity index (χ0n) is 15.7. The summed E-state index contributed by atoms with van der Waals surface area (Å²) in [6.45, 7) is 4.69. The van der Waals surface area contributed by atoms with E-state index in [4.69, 9.17) is 11.6 Å². The Kier molecular flexibility index (Phi) is 16.4. The van der Waals surface area contributed by atoms with E-state index in [9.17, 15) is 4.79 Å². The van der Waals surface area contributed by atoms with Crippen LogP contribution in [-0.4, -0.2) is 11.8 Å². The molecule has 26 heavy (non-hydrogen) atoms. The van der Waals surface area contributed by atoms with Crippen LogP contribution in [-0.2, 0) is 0 Å². The lowest BCUT2D eigenvalue weighted by Gasteiger charge is -2.05. The predicted molar refractivity (Wildman–Crippen MR) is 118 cm³/mol. The molecule has 146 valence electrons. The van der Waals surface area contributed by atoms with Crippen LogP contribution in [0.1, 0.15) is 74.6 Å². The van der Waals surface area contributed by atoms with Crippen LogP contribution in [0.25, 0.3) is 0 Å². The molecule has 0 aliphatic carbocycles. The average Bonchev–Trinajstić information content (AvgIpc) is 2.62. The summed E-state index contributed by atoms with van der Waals surface area (Å²) >= 11 is 5.43. The van der Waals surface area contributed by atoms with Crippen molar-refractivity contribution in [3.05, 3.63) is 54.6 Å². The quantitative estimate of drug-likeness (QED) is 0.188. The molecular formula is C22H33Cl2NO. The molecule has 0 aliphatic heterocycles. The van der Waals surface area contributed by atoms with Crippen molar-refractivity contribution in [3.8, 4) is 0 Å². The molecule has 4 heteroatoms. The van der Waals surface area contributed by atoms with Crippen molar-refractivity contribution >= 4 is 34.9 Å². The van der Waals surface area contributed by atoms with Gasteiger partial charge in [0.25, 0.3) is 5.24 Å². The largest absolute Gasteiger partial charge is 0.385 e. The fourth-order valence-corrected chi connectivity index (χ4v) is 2.79. The third kappa shape index (κ3) is 13.0. The van der Waals surface area contributed by atoms with E-state index >= 15 is 0 Å². The Labute approximate surface area is 170 Å². The van der Waals surface area contributed by atoms with Gasteiger partial charge in [0.05, 0.1) is 0 Å². The molecule has 1 rings (SSSR count). The van der Waals surface area contributed by atoms with Gasteiger partial charge in [0, 0.05) is 17.8 Å². The number of nitrogens with one attached hydrogen (secondary N) is 1. The molecule has 2 nitrogen and oxygen atoms in total. The maximum absolute atomic E-state index is 11.0. The van der Waals surface area contributed by atoms with Crippen molar-refractivity contribution < 1.29 is 4.79 Å². The molecule has 0 heterocycles.